The van der Waals surface area contributed by atoms with Crippen LogP contribution in [-0.2, 0) is 10.0 Å². The van der Waals surface area contributed by atoms with Crippen LogP contribution in [-0.4, -0.2) is 20.4 Å². The molecule has 1 heterocycles. The molecule has 1 unspecified atom stereocenters. The minimum atomic E-state index is -3.58. The molecule has 0 bridgehead atoms. The summed E-state index contributed by atoms with van der Waals surface area (Å²) in [5.41, 5.74) is 6.59. The molecule has 0 fully saturated rings. The normalized spacial score (nSPS) is 13.1. The Kier molecular flexibility index (Phi) is 4.50. The molecule has 0 aliphatic heterocycles. The Morgan fingerprint density at radius 1 is 1.38 bits per heavy atom. The second-order valence-electron chi connectivity index (χ2n) is 4.64. The molecule has 2 rings (SSSR count). The van der Waals surface area contributed by atoms with Crippen LogP contribution in [0.15, 0.2) is 29.3 Å². The van der Waals surface area contributed by atoms with Crippen molar-refractivity contribution in [3.05, 3.63) is 34.3 Å². The van der Waals surface area contributed by atoms with Gasteiger partial charge in [-0.15, -0.1) is 11.3 Å². The number of rotatable bonds is 5. The van der Waals surface area contributed by atoms with Crippen LogP contribution in [0.25, 0.3) is 0 Å². The molecule has 8 heteroatoms. The second kappa shape index (κ2) is 6.00. The Bertz CT molecular complexity index is 740. The van der Waals surface area contributed by atoms with E-state index >= 15 is 0 Å². The van der Waals surface area contributed by atoms with E-state index in [0.717, 1.165) is 9.88 Å². The van der Waals surface area contributed by atoms with Crippen molar-refractivity contribution in [3.8, 4) is 0 Å². The number of benzene rings is 1. The molecule has 0 saturated carbocycles. The maximum absolute atomic E-state index is 12.1. The lowest BCUT2D eigenvalue weighted by atomic mass is 10.2. The molecule has 0 aliphatic carbocycles. The number of aryl methyl sites for hydroxylation is 1. The fourth-order valence-electron chi connectivity index (χ4n) is 1.86. The van der Waals surface area contributed by atoms with Gasteiger partial charge in [0.2, 0.25) is 10.0 Å². The average molecular weight is 326 g/mol. The summed E-state index contributed by atoms with van der Waals surface area (Å²) in [4.78, 5) is 5.55. The summed E-state index contributed by atoms with van der Waals surface area (Å²) in [7, 11) is -2.21. The van der Waals surface area contributed by atoms with E-state index in [1.807, 2.05) is 13.8 Å². The molecule has 1 atom stereocenters. The topological polar surface area (TPSA) is 97.1 Å². The number of aromatic nitrogens is 1. The first-order valence-electron chi connectivity index (χ1n) is 6.35. The SMILES string of the molecule is CNS(=O)(=O)c1cc(N)ccc1NC(C)c1ncc(C)s1. The van der Waals surface area contributed by atoms with Gasteiger partial charge in [0.25, 0.3) is 0 Å². The van der Waals surface area contributed by atoms with E-state index in [2.05, 4.69) is 15.0 Å². The number of sulfonamides is 1. The van der Waals surface area contributed by atoms with Gasteiger partial charge in [-0.05, 0) is 39.1 Å². The molecule has 0 amide bonds. The lowest BCUT2D eigenvalue weighted by Crippen LogP contribution is -2.21. The van der Waals surface area contributed by atoms with E-state index in [9.17, 15) is 8.42 Å². The van der Waals surface area contributed by atoms with E-state index in [-0.39, 0.29) is 10.9 Å². The average Bonchev–Trinajstić information content (AvgIpc) is 2.87. The molecule has 6 nitrogen and oxygen atoms in total. The zero-order valence-electron chi connectivity index (χ0n) is 12.0. The van der Waals surface area contributed by atoms with Gasteiger partial charge in [0.1, 0.15) is 9.90 Å². The van der Waals surface area contributed by atoms with Crippen LogP contribution in [0.2, 0.25) is 0 Å². The number of hydrogen-bond donors (Lipinski definition) is 3. The number of nitrogens with zero attached hydrogens (tertiary/aromatic N) is 1. The number of nitrogen functional groups attached to an aromatic ring is 1. The first-order chi connectivity index (χ1) is 9.83. The Hall–Kier alpha value is -1.64. The molecule has 1 aromatic carbocycles. The molecule has 0 radical (unpaired) electrons. The molecule has 0 aliphatic rings. The number of hydrogen-bond acceptors (Lipinski definition) is 6. The number of nitrogens with one attached hydrogen (secondary N) is 2. The minimum Gasteiger partial charge on any atom is -0.399 e. The number of anilines is 2. The van der Waals surface area contributed by atoms with Crippen LogP contribution in [0.3, 0.4) is 0 Å². The fraction of sp³-hybridized carbons (Fsp3) is 0.308. The highest BCUT2D eigenvalue weighted by atomic mass is 32.2. The van der Waals surface area contributed by atoms with Gasteiger partial charge >= 0.3 is 0 Å². The molecule has 4 N–H and O–H groups in total. The van der Waals surface area contributed by atoms with Crippen molar-refractivity contribution in [1.82, 2.24) is 9.71 Å². The minimum absolute atomic E-state index is 0.0990. The van der Waals surface area contributed by atoms with Crippen LogP contribution >= 0.6 is 11.3 Å². The van der Waals surface area contributed by atoms with Crippen LogP contribution in [0.1, 0.15) is 22.9 Å². The Morgan fingerprint density at radius 2 is 2.10 bits per heavy atom. The van der Waals surface area contributed by atoms with E-state index in [1.54, 1.807) is 29.7 Å². The van der Waals surface area contributed by atoms with Crippen molar-refractivity contribution < 1.29 is 8.42 Å². The van der Waals surface area contributed by atoms with E-state index in [1.165, 1.54) is 13.1 Å². The first-order valence-corrected chi connectivity index (χ1v) is 8.65. The molecular formula is C13H18N4O2S2. The van der Waals surface area contributed by atoms with Gasteiger partial charge in [-0.1, -0.05) is 0 Å². The molecule has 0 spiro atoms. The summed E-state index contributed by atoms with van der Waals surface area (Å²) in [5, 5.41) is 4.08. The first kappa shape index (κ1) is 15.7. The Morgan fingerprint density at radius 3 is 2.67 bits per heavy atom. The van der Waals surface area contributed by atoms with Gasteiger partial charge in [-0.3, -0.25) is 0 Å². The Balaban J connectivity index is 2.36. The number of thiazole rings is 1. The molecule has 2 aromatic rings. The predicted octanol–water partition coefficient (Wildman–Crippen LogP) is 2.11. The van der Waals surface area contributed by atoms with E-state index in [4.69, 9.17) is 5.73 Å². The van der Waals surface area contributed by atoms with E-state index < -0.39 is 10.0 Å². The maximum Gasteiger partial charge on any atom is 0.242 e. The van der Waals surface area contributed by atoms with Gasteiger partial charge in [-0.25, -0.2) is 18.1 Å². The van der Waals surface area contributed by atoms with Crippen LogP contribution in [0, 0.1) is 6.92 Å². The lowest BCUT2D eigenvalue weighted by Gasteiger charge is -2.16. The molecule has 1 aromatic heterocycles. The van der Waals surface area contributed by atoms with Crippen LogP contribution in [0.4, 0.5) is 11.4 Å². The third kappa shape index (κ3) is 3.52. The van der Waals surface area contributed by atoms with Crippen molar-refractivity contribution in [2.75, 3.05) is 18.1 Å². The highest BCUT2D eigenvalue weighted by molar-refractivity contribution is 7.89. The molecular weight excluding hydrogens is 308 g/mol. The van der Waals surface area contributed by atoms with Crippen molar-refractivity contribution in [2.24, 2.45) is 0 Å². The zero-order valence-corrected chi connectivity index (χ0v) is 13.7. The van der Waals surface area contributed by atoms with Crippen LogP contribution < -0.4 is 15.8 Å². The zero-order chi connectivity index (χ0) is 15.6. The van der Waals surface area contributed by atoms with Gasteiger partial charge in [-0.2, -0.15) is 0 Å². The van der Waals surface area contributed by atoms with Gasteiger partial charge in [0.05, 0.1) is 11.7 Å². The fourth-order valence-corrected chi connectivity index (χ4v) is 3.56. The standard InChI is InChI=1S/C13H18N4O2S2/c1-8-7-16-13(20-8)9(2)17-11-5-4-10(14)6-12(11)21(18,19)15-3/h4-7,9,15,17H,14H2,1-3H3. The predicted molar refractivity (Wildman–Crippen MR) is 86.0 cm³/mol. The number of nitrogens with two attached hydrogens (primary N) is 1. The summed E-state index contributed by atoms with van der Waals surface area (Å²) in [6.07, 6.45) is 1.80. The van der Waals surface area contributed by atoms with E-state index in [0.29, 0.717) is 11.4 Å². The third-order valence-electron chi connectivity index (χ3n) is 2.95. The monoisotopic (exact) mass is 326 g/mol. The maximum atomic E-state index is 12.1. The molecule has 114 valence electrons. The largest absolute Gasteiger partial charge is 0.399 e. The van der Waals surface area contributed by atoms with Crippen LogP contribution in [0.5, 0.6) is 0 Å². The quantitative estimate of drug-likeness (QED) is 0.731. The molecule has 0 saturated heterocycles. The lowest BCUT2D eigenvalue weighted by molar-refractivity contribution is 0.588. The van der Waals surface area contributed by atoms with Crippen molar-refractivity contribution in [2.45, 2.75) is 24.8 Å². The smallest absolute Gasteiger partial charge is 0.242 e. The summed E-state index contributed by atoms with van der Waals surface area (Å²) in [6.45, 7) is 3.92. The van der Waals surface area contributed by atoms with Gasteiger partial charge in [0, 0.05) is 16.8 Å². The van der Waals surface area contributed by atoms with Gasteiger partial charge < -0.3 is 11.1 Å². The summed E-state index contributed by atoms with van der Waals surface area (Å²) in [6, 6.07) is 4.67. The third-order valence-corrected chi connectivity index (χ3v) is 5.50. The van der Waals surface area contributed by atoms with Gasteiger partial charge in [0.15, 0.2) is 0 Å². The van der Waals surface area contributed by atoms with Crippen molar-refractivity contribution in [3.63, 3.8) is 0 Å². The highest BCUT2D eigenvalue weighted by Gasteiger charge is 2.19. The Labute approximate surface area is 128 Å². The summed E-state index contributed by atoms with van der Waals surface area (Å²) >= 11 is 1.57. The summed E-state index contributed by atoms with van der Waals surface area (Å²) in [5.74, 6) is 0. The summed E-state index contributed by atoms with van der Waals surface area (Å²) < 4.78 is 26.5. The highest BCUT2D eigenvalue weighted by Crippen LogP contribution is 2.29. The van der Waals surface area contributed by atoms with Crippen molar-refractivity contribution >= 4 is 32.7 Å². The molecule has 21 heavy (non-hydrogen) atoms. The second-order valence-corrected chi connectivity index (χ2v) is 7.76. The van der Waals surface area contributed by atoms with Crippen molar-refractivity contribution in [1.29, 1.82) is 0 Å².